The SMILES string of the molecule is CCOc1ccc(-n2nc(C(=O)Nc3ccc(Cl)cc3Cl)nc2-c2ccc(Cl)cc2)cc1. The minimum atomic E-state index is -0.505. The van der Waals surface area contributed by atoms with E-state index in [0.29, 0.717) is 33.2 Å². The van der Waals surface area contributed by atoms with Crippen LogP contribution in [0.2, 0.25) is 15.1 Å². The van der Waals surface area contributed by atoms with Crippen molar-refractivity contribution in [2.24, 2.45) is 0 Å². The maximum Gasteiger partial charge on any atom is 0.295 e. The Labute approximate surface area is 199 Å². The quantitative estimate of drug-likeness (QED) is 0.335. The summed E-state index contributed by atoms with van der Waals surface area (Å²) in [5.41, 5.74) is 1.88. The van der Waals surface area contributed by atoms with Crippen molar-refractivity contribution < 1.29 is 9.53 Å². The summed E-state index contributed by atoms with van der Waals surface area (Å²) in [6.07, 6.45) is 0. The molecule has 1 heterocycles. The molecule has 1 aromatic heterocycles. The zero-order valence-corrected chi connectivity index (χ0v) is 19.1. The molecule has 0 aliphatic heterocycles. The van der Waals surface area contributed by atoms with Crippen molar-refractivity contribution in [1.29, 1.82) is 0 Å². The topological polar surface area (TPSA) is 69.0 Å². The van der Waals surface area contributed by atoms with E-state index in [2.05, 4.69) is 15.4 Å². The summed E-state index contributed by atoms with van der Waals surface area (Å²) in [5, 5.41) is 8.55. The average Bonchev–Trinajstić information content (AvgIpc) is 3.22. The number of rotatable bonds is 6. The van der Waals surface area contributed by atoms with Gasteiger partial charge in [0.05, 0.1) is 23.0 Å². The number of halogens is 3. The summed E-state index contributed by atoms with van der Waals surface area (Å²) >= 11 is 18.1. The lowest BCUT2D eigenvalue weighted by Crippen LogP contribution is -2.14. The molecule has 4 rings (SSSR count). The number of hydrogen-bond acceptors (Lipinski definition) is 4. The van der Waals surface area contributed by atoms with Crippen LogP contribution in [0.1, 0.15) is 17.5 Å². The number of nitrogens with one attached hydrogen (secondary N) is 1. The number of ether oxygens (including phenoxy) is 1. The highest BCUT2D eigenvalue weighted by Crippen LogP contribution is 2.27. The molecule has 0 saturated heterocycles. The molecule has 0 fully saturated rings. The Morgan fingerprint density at radius 1 is 0.969 bits per heavy atom. The van der Waals surface area contributed by atoms with E-state index in [0.717, 1.165) is 17.0 Å². The molecule has 0 aliphatic carbocycles. The first-order valence-corrected chi connectivity index (χ1v) is 10.8. The van der Waals surface area contributed by atoms with Gasteiger partial charge < -0.3 is 10.1 Å². The number of nitrogens with zero attached hydrogens (tertiary/aromatic N) is 3. The first kappa shape index (κ1) is 22.1. The molecule has 0 spiro atoms. The van der Waals surface area contributed by atoms with E-state index in [1.807, 2.05) is 43.3 Å². The highest BCUT2D eigenvalue weighted by Gasteiger charge is 2.20. The molecule has 4 aromatic rings. The second-order valence-electron chi connectivity index (χ2n) is 6.68. The Morgan fingerprint density at radius 2 is 1.66 bits per heavy atom. The Bertz CT molecular complexity index is 1260. The molecule has 1 amide bonds. The molecule has 3 aromatic carbocycles. The fraction of sp³-hybridized carbons (Fsp3) is 0.0870. The van der Waals surface area contributed by atoms with E-state index in [4.69, 9.17) is 39.5 Å². The van der Waals surface area contributed by atoms with Crippen molar-refractivity contribution in [3.05, 3.63) is 87.6 Å². The predicted octanol–water partition coefficient (Wildman–Crippen LogP) is 6.55. The predicted molar refractivity (Wildman–Crippen MR) is 127 cm³/mol. The van der Waals surface area contributed by atoms with Gasteiger partial charge in [0.2, 0.25) is 5.82 Å². The first-order chi connectivity index (χ1) is 15.4. The molecule has 6 nitrogen and oxygen atoms in total. The summed E-state index contributed by atoms with van der Waals surface area (Å²) in [6, 6.07) is 19.3. The van der Waals surface area contributed by atoms with E-state index in [-0.39, 0.29) is 5.82 Å². The van der Waals surface area contributed by atoms with E-state index < -0.39 is 5.91 Å². The fourth-order valence-electron chi connectivity index (χ4n) is 2.99. The van der Waals surface area contributed by atoms with Crippen molar-refractivity contribution in [3.8, 4) is 22.8 Å². The summed E-state index contributed by atoms with van der Waals surface area (Å²) < 4.78 is 7.10. The molecule has 162 valence electrons. The monoisotopic (exact) mass is 486 g/mol. The second kappa shape index (κ2) is 9.61. The standard InChI is InChI=1S/C23H17Cl3N4O2/c1-2-32-18-10-8-17(9-11-18)30-22(14-3-5-15(24)6-4-14)28-21(29-30)23(31)27-20-12-7-16(25)13-19(20)26/h3-13H,2H2,1H3,(H,27,31). The van der Waals surface area contributed by atoms with Crippen molar-refractivity contribution in [3.63, 3.8) is 0 Å². The van der Waals surface area contributed by atoms with Gasteiger partial charge in [-0.3, -0.25) is 4.79 Å². The van der Waals surface area contributed by atoms with Gasteiger partial charge in [-0.15, -0.1) is 5.10 Å². The van der Waals surface area contributed by atoms with Crippen LogP contribution in [0.4, 0.5) is 5.69 Å². The Kier molecular flexibility index (Phi) is 6.65. The minimum absolute atomic E-state index is 0.0187. The second-order valence-corrected chi connectivity index (χ2v) is 7.96. The van der Waals surface area contributed by atoms with Gasteiger partial charge in [-0.05, 0) is 73.7 Å². The first-order valence-electron chi connectivity index (χ1n) is 9.67. The molecule has 0 atom stereocenters. The molecule has 0 aliphatic rings. The number of benzene rings is 3. The molecule has 0 bridgehead atoms. The lowest BCUT2D eigenvalue weighted by atomic mass is 10.2. The Balaban J connectivity index is 1.73. The molecule has 0 unspecified atom stereocenters. The van der Waals surface area contributed by atoms with Crippen LogP contribution < -0.4 is 10.1 Å². The van der Waals surface area contributed by atoms with Gasteiger partial charge in [0.15, 0.2) is 5.82 Å². The van der Waals surface area contributed by atoms with Crippen LogP contribution in [-0.2, 0) is 0 Å². The van der Waals surface area contributed by atoms with Crippen LogP contribution in [0.3, 0.4) is 0 Å². The van der Waals surface area contributed by atoms with Crippen molar-refractivity contribution >= 4 is 46.4 Å². The third-order valence-corrected chi connectivity index (χ3v) is 5.28. The molecule has 0 saturated carbocycles. The largest absolute Gasteiger partial charge is 0.494 e. The number of hydrogen-bond donors (Lipinski definition) is 1. The average molecular weight is 488 g/mol. The summed E-state index contributed by atoms with van der Waals surface area (Å²) in [4.78, 5) is 17.4. The van der Waals surface area contributed by atoms with Crippen LogP contribution >= 0.6 is 34.8 Å². The summed E-state index contributed by atoms with van der Waals surface area (Å²) in [7, 11) is 0. The summed E-state index contributed by atoms with van der Waals surface area (Å²) in [6.45, 7) is 2.48. The number of anilines is 1. The fourth-order valence-corrected chi connectivity index (χ4v) is 3.58. The molecular formula is C23H17Cl3N4O2. The van der Waals surface area contributed by atoms with E-state index in [1.54, 1.807) is 35.0 Å². The van der Waals surface area contributed by atoms with E-state index >= 15 is 0 Å². The number of amides is 1. The van der Waals surface area contributed by atoms with Gasteiger partial charge in [-0.25, -0.2) is 9.67 Å². The molecule has 1 N–H and O–H groups in total. The maximum atomic E-state index is 12.9. The van der Waals surface area contributed by atoms with Crippen molar-refractivity contribution in [2.45, 2.75) is 6.92 Å². The highest BCUT2D eigenvalue weighted by molar-refractivity contribution is 6.36. The Hall–Kier alpha value is -3.06. The van der Waals surface area contributed by atoms with Crippen molar-refractivity contribution in [2.75, 3.05) is 11.9 Å². The van der Waals surface area contributed by atoms with Gasteiger partial charge in [0, 0.05) is 15.6 Å². The number of carbonyl (C=O) groups excluding carboxylic acids is 1. The van der Waals surface area contributed by atoms with Crippen molar-refractivity contribution in [1.82, 2.24) is 14.8 Å². The molecular weight excluding hydrogens is 471 g/mol. The lowest BCUT2D eigenvalue weighted by Gasteiger charge is -2.08. The van der Waals surface area contributed by atoms with Crippen LogP contribution in [0.25, 0.3) is 17.1 Å². The van der Waals surface area contributed by atoms with Gasteiger partial charge in [0.25, 0.3) is 5.91 Å². The lowest BCUT2D eigenvalue weighted by molar-refractivity contribution is 0.101. The molecule has 9 heteroatoms. The van der Waals surface area contributed by atoms with Gasteiger partial charge in [0.1, 0.15) is 5.75 Å². The van der Waals surface area contributed by atoms with Crippen LogP contribution in [0.15, 0.2) is 66.7 Å². The van der Waals surface area contributed by atoms with Gasteiger partial charge >= 0.3 is 0 Å². The van der Waals surface area contributed by atoms with Gasteiger partial charge in [-0.2, -0.15) is 0 Å². The number of aromatic nitrogens is 3. The van der Waals surface area contributed by atoms with Gasteiger partial charge in [-0.1, -0.05) is 34.8 Å². The minimum Gasteiger partial charge on any atom is -0.494 e. The van der Waals surface area contributed by atoms with Crippen LogP contribution in [0.5, 0.6) is 5.75 Å². The van der Waals surface area contributed by atoms with E-state index in [9.17, 15) is 4.79 Å². The Morgan fingerprint density at radius 3 is 2.31 bits per heavy atom. The van der Waals surface area contributed by atoms with Crippen LogP contribution in [0, 0.1) is 0 Å². The zero-order valence-electron chi connectivity index (χ0n) is 16.8. The molecule has 0 radical (unpaired) electrons. The molecule has 32 heavy (non-hydrogen) atoms. The van der Waals surface area contributed by atoms with Crippen LogP contribution in [-0.4, -0.2) is 27.3 Å². The third-order valence-electron chi connectivity index (χ3n) is 4.48. The third kappa shape index (κ3) is 4.88. The highest BCUT2D eigenvalue weighted by atomic mass is 35.5. The normalized spacial score (nSPS) is 10.8. The smallest absolute Gasteiger partial charge is 0.295 e. The number of carbonyl (C=O) groups is 1. The maximum absolute atomic E-state index is 12.9. The summed E-state index contributed by atoms with van der Waals surface area (Å²) in [5.74, 6) is 0.696. The zero-order chi connectivity index (χ0) is 22.7. The van der Waals surface area contributed by atoms with E-state index in [1.165, 1.54) is 0 Å².